The summed E-state index contributed by atoms with van der Waals surface area (Å²) in [4.78, 5) is 11.5. The number of hydrogen-bond donors (Lipinski definition) is 3. The molecule has 10 heteroatoms. The van der Waals surface area contributed by atoms with Crippen molar-refractivity contribution in [1.29, 1.82) is 0 Å². The van der Waals surface area contributed by atoms with Crippen molar-refractivity contribution in [3.63, 3.8) is 0 Å². The Labute approximate surface area is 215 Å². The van der Waals surface area contributed by atoms with E-state index in [1.165, 1.54) is 5.56 Å². The Bertz CT molecular complexity index is 1180. The zero-order chi connectivity index (χ0) is 26.0. The molecule has 1 atom stereocenters. The van der Waals surface area contributed by atoms with E-state index in [2.05, 4.69) is 67.5 Å². The Morgan fingerprint density at radius 3 is 2.49 bits per heavy atom. The summed E-state index contributed by atoms with van der Waals surface area (Å²) in [7, 11) is 0. The summed E-state index contributed by atoms with van der Waals surface area (Å²) in [5.74, 6) is 0.193. The van der Waals surface area contributed by atoms with Crippen molar-refractivity contribution in [2.24, 2.45) is 0 Å². The number of aromatic nitrogens is 3. The zero-order valence-electron chi connectivity index (χ0n) is 21.1. The minimum atomic E-state index is -4.23. The quantitative estimate of drug-likeness (QED) is 0.415. The molecule has 0 amide bonds. The molecular weight excluding hydrogens is 481 g/mol. The lowest BCUT2D eigenvalue weighted by molar-refractivity contribution is -0.131. The van der Waals surface area contributed by atoms with Gasteiger partial charge in [-0.3, -0.25) is 4.90 Å². The third-order valence-electron chi connectivity index (χ3n) is 7.73. The maximum absolute atomic E-state index is 12.6. The molecular formula is C27H35F3N6O. The normalized spacial score (nSPS) is 22.3. The minimum Gasteiger partial charge on any atom is -0.393 e. The highest BCUT2D eigenvalue weighted by molar-refractivity contribution is 5.94. The molecule has 2 aliphatic rings. The molecule has 0 radical (unpaired) electrons. The van der Waals surface area contributed by atoms with Crippen LogP contribution in [0.4, 0.5) is 19.1 Å². The number of nitrogens with zero attached hydrogens (tertiary/aromatic N) is 4. The zero-order valence-corrected chi connectivity index (χ0v) is 21.1. The van der Waals surface area contributed by atoms with Crippen molar-refractivity contribution < 1.29 is 18.3 Å². The number of nitrogens with one attached hydrogen (secondary N) is 2. The van der Waals surface area contributed by atoms with E-state index < -0.39 is 12.6 Å². The van der Waals surface area contributed by atoms with Crippen LogP contribution in [0.3, 0.4) is 0 Å². The van der Waals surface area contributed by atoms with Gasteiger partial charge in [-0.1, -0.05) is 24.3 Å². The summed E-state index contributed by atoms with van der Waals surface area (Å²) in [6.45, 7) is 6.04. The minimum absolute atomic E-state index is 0.171. The van der Waals surface area contributed by atoms with Crippen molar-refractivity contribution in [2.45, 2.75) is 63.4 Å². The molecule has 3 heterocycles. The second kappa shape index (κ2) is 11.0. The van der Waals surface area contributed by atoms with E-state index >= 15 is 0 Å². The van der Waals surface area contributed by atoms with Crippen LogP contribution in [-0.4, -0.2) is 69.5 Å². The van der Waals surface area contributed by atoms with Gasteiger partial charge in [0, 0.05) is 68.2 Å². The van der Waals surface area contributed by atoms with E-state index in [9.17, 15) is 18.3 Å². The number of rotatable bonds is 7. The summed E-state index contributed by atoms with van der Waals surface area (Å²) in [6, 6.07) is 9.12. The first-order valence-corrected chi connectivity index (χ1v) is 13.2. The summed E-state index contributed by atoms with van der Waals surface area (Å²) in [5.41, 5.74) is 4.03. The molecule has 3 aromatic rings. The third kappa shape index (κ3) is 6.08. The highest BCUT2D eigenvalue weighted by Crippen LogP contribution is 2.37. The summed E-state index contributed by atoms with van der Waals surface area (Å²) < 4.78 is 40.0. The van der Waals surface area contributed by atoms with Crippen LogP contribution in [0.5, 0.6) is 0 Å². The standard InChI is InChI=1S/C27H35F3N6O/c1-18(35-14-12-31-13-15-35)19-2-4-20(5-3-19)24-17-36(21-6-8-22(37)9-7-21)25-23(24)16-33-26(34-25)32-11-10-27(28,29)30/h2-5,16-18,21-22,31,37H,6-15H2,1H3,(H,32,33,34)/t18-,21-,22-/m1/s1. The maximum Gasteiger partial charge on any atom is 0.390 e. The molecule has 200 valence electrons. The lowest BCUT2D eigenvalue weighted by Gasteiger charge is -2.33. The van der Waals surface area contributed by atoms with Gasteiger partial charge >= 0.3 is 6.18 Å². The smallest absolute Gasteiger partial charge is 0.390 e. The highest BCUT2D eigenvalue weighted by atomic mass is 19.4. The van der Waals surface area contributed by atoms with Crippen LogP contribution in [0, 0.1) is 0 Å². The molecule has 37 heavy (non-hydrogen) atoms. The predicted octanol–water partition coefficient (Wildman–Crippen LogP) is 4.90. The largest absolute Gasteiger partial charge is 0.393 e. The molecule has 2 fully saturated rings. The summed E-state index contributed by atoms with van der Waals surface area (Å²) in [6.07, 6.45) is 1.44. The average molecular weight is 517 g/mol. The van der Waals surface area contributed by atoms with E-state index in [-0.39, 0.29) is 24.6 Å². The first kappa shape index (κ1) is 25.9. The Hall–Kier alpha value is -2.69. The van der Waals surface area contributed by atoms with E-state index in [4.69, 9.17) is 0 Å². The predicted molar refractivity (Wildman–Crippen MR) is 138 cm³/mol. The fourth-order valence-corrected chi connectivity index (χ4v) is 5.50. The van der Waals surface area contributed by atoms with E-state index in [0.717, 1.165) is 68.4 Å². The summed E-state index contributed by atoms with van der Waals surface area (Å²) >= 11 is 0. The van der Waals surface area contributed by atoms with Crippen LogP contribution in [-0.2, 0) is 0 Å². The topological polar surface area (TPSA) is 78.2 Å². The van der Waals surface area contributed by atoms with Crippen molar-refractivity contribution in [1.82, 2.24) is 24.8 Å². The number of piperazine rings is 1. The molecule has 0 unspecified atom stereocenters. The van der Waals surface area contributed by atoms with Gasteiger partial charge in [0.25, 0.3) is 0 Å². The van der Waals surface area contributed by atoms with E-state index in [1.807, 2.05) is 0 Å². The van der Waals surface area contributed by atoms with E-state index in [0.29, 0.717) is 11.7 Å². The van der Waals surface area contributed by atoms with Gasteiger partial charge in [0.05, 0.1) is 12.5 Å². The molecule has 0 bridgehead atoms. The number of aliphatic hydroxyl groups excluding tert-OH is 1. The van der Waals surface area contributed by atoms with Crippen LogP contribution in [0.2, 0.25) is 0 Å². The van der Waals surface area contributed by atoms with Gasteiger partial charge in [-0.25, -0.2) is 4.98 Å². The van der Waals surface area contributed by atoms with Crippen molar-refractivity contribution in [3.8, 4) is 11.1 Å². The Morgan fingerprint density at radius 2 is 1.81 bits per heavy atom. The molecule has 1 aromatic carbocycles. The fourth-order valence-electron chi connectivity index (χ4n) is 5.50. The van der Waals surface area contributed by atoms with Crippen LogP contribution >= 0.6 is 0 Å². The highest BCUT2D eigenvalue weighted by Gasteiger charge is 2.27. The number of alkyl halides is 3. The maximum atomic E-state index is 12.6. The van der Waals surface area contributed by atoms with Crippen LogP contribution in [0.15, 0.2) is 36.7 Å². The van der Waals surface area contributed by atoms with Crippen LogP contribution in [0.25, 0.3) is 22.2 Å². The second-order valence-corrected chi connectivity index (χ2v) is 10.2. The lowest BCUT2D eigenvalue weighted by atomic mass is 9.93. The molecule has 3 N–H and O–H groups in total. The molecule has 0 spiro atoms. The van der Waals surface area contributed by atoms with Gasteiger partial charge in [0.15, 0.2) is 0 Å². The van der Waals surface area contributed by atoms with Gasteiger partial charge in [-0.2, -0.15) is 18.2 Å². The number of anilines is 1. The van der Waals surface area contributed by atoms with Gasteiger partial charge < -0.3 is 20.3 Å². The Balaban J connectivity index is 1.44. The molecule has 5 rings (SSSR count). The molecule has 1 aliphatic heterocycles. The third-order valence-corrected chi connectivity index (χ3v) is 7.73. The van der Waals surface area contributed by atoms with E-state index in [1.54, 1.807) is 6.20 Å². The SMILES string of the molecule is C[C@H](c1ccc(-c2cn([C@H]3CC[C@H](O)CC3)c3nc(NCCC(F)(F)F)ncc23)cc1)N1CCNCC1. The van der Waals surface area contributed by atoms with Crippen molar-refractivity contribution >= 4 is 17.0 Å². The number of benzene rings is 1. The Morgan fingerprint density at radius 1 is 1.11 bits per heavy atom. The van der Waals surface area contributed by atoms with Crippen molar-refractivity contribution in [3.05, 3.63) is 42.2 Å². The molecule has 2 aromatic heterocycles. The first-order chi connectivity index (χ1) is 17.8. The molecule has 1 saturated heterocycles. The molecule has 7 nitrogen and oxygen atoms in total. The monoisotopic (exact) mass is 516 g/mol. The number of aliphatic hydroxyl groups is 1. The lowest BCUT2D eigenvalue weighted by Crippen LogP contribution is -2.44. The second-order valence-electron chi connectivity index (χ2n) is 10.2. The van der Waals surface area contributed by atoms with Gasteiger partial charge in [0.2, 0.25) is 5.95 Å². The first-order valence-electron chi connectivity index (χ1n) is 13.2. The van der Waals surface area contributed by atoms with Crippen molar-refractivity contribution in [2.75, 3.05) is 38.0 Å². The number of fused-ring (bicyclic) bond motifs is 1. The number of halogens is 3. The average Bonchev–Trinajstić information content (AvgIpc) is 3.27. The molecule has 1 aliphatic carbocycles. The number of hydrogen-bond acceptors (Lipinski definition) is 6. The van der Waals surface area contributed by atoms with Gasteiger partial charge in [-0.05, 0) is 43.7 Å². The fraction of sp³-hybridized carbons (Fsp3) is 0.556. The van der Waals surface area contributed by atoms with Gasteiger partial charge in [-0.15, -0.1) is 0 Å². The van der Waals surface area contributed by atoms with Crippen LogP contribution in [0.1, 0.15) is 56.7 Å². The van der Waals surface area contributed by atoms with Gasteiger partial charge in [0.1, 0.15) is 5.65 Å². The molecule has 1 saturated carbocycles. The Kier molecular flexibility index (Phi) is 7.69. The summed E-state index contributed by atoms with van der Waals surface area (Å²) in [5, 5.41) is 17.0. The van der Waals surface area contributed by atoms with Crippen LogP contribution < -0.4 is 10.6 Å².